The van der Waals surface area contributed by atoms with Gasteiger partial charge in [-0.15, -0.1) is 0 Å². The van der Waals surface area contributed by atoms with Crippen molar-refractivity contribution in [2.24, 2.45) is 5.10 Å². The fourth-order valence-electron chi connectivity index (χ4n) is 1.73. The largest absolute Gasteiger partial charge is 0.497 e. The first-order chi connectivity index (χ1) is 11.1. The lowest BCUT2D eigenvalue weighted by Crippen LogP contribution is -2.35. The van der Waals surface area contributed by atoms with Gasteiger partial charge in [0.2, 0.25) is 0 Å². The maximum absolute atomic E-state index is 11.9. The van der Waals surface area contributed by atoms with Crippen LogP contribution in [0.4, 0.5) is 0 Å². The lowest BCUT2D eigenvalue weighted by atomic mass is 10.2. The quantitative estimate of drug-likeness (QED) is 0.625. The van der Waals surface area contributed by atoms with E-state index in [0.717, 1.165) is 0 Å². The van der Waals surface area contributed by atoms with E-state index in [2.05, 4.69) is 15.8 Å². The molecule has 0 spiro atoms. The molecule has 0 unspecified atom stereocenters. The van der Waals surface area contributed by atoms with Gasteiger partial charge in [0, 0.05) is 5.56 Å². The predicted molar refractivity (Wildman–Crippen MR) is 84.4 cm³/mol. The molecule has 1 heterocycles. The number of carbonyl (C=O) groups is 2. The third kappa shape index (κ3) is 4.70. The van der Waals surface area contributed by atoms with Crippen LogP contribution in [0, 0.1) is 0 Å². The highest BCUT2D eigenvalue weighted by atomic mass is 16.5. The molecule has 0 atom stereocenters. The van der Waals surface area contributed by atoms with Gasteiger partial charge in [-0.2, -0.15) is 5.10 Å². The van der Waals surface area contributed by atoms with Gasteiger partial charge in [0.05, 0.1) is 19.9 Å². The van der Waals surface area contributed by atoms with Crippen LogP contribution in [0.3, 0.4) is 0 Å². The fourth-order valence-corrected chi connectivity index (χ4v) is 1.73. The van der Waals surface area contributed by atoms with Crippen LogP contribution in [0.15, 0.2) is 52.2 Å². The van der Waals surface area contributed by atoms with Crippen molar-refractivity contribution in [2.75, 3.05) is 13.7 Å². The molecular weight excluding hydrogens is 298 g/mol. The van der Waals surface area contributed by atoms with Crippen molar-refractivity contribution in [3.8, 4) is 5.75 Å². The monoisotopic (exact) mass is 315 g/mol. The van der Waals surface area contributed by atoms with Crippen LogP contribution in [0.5, 0.6) is 5.75 Å². The van der Waals surface area contributed by atoms with Crippen molar-refractivity contribution in [1.82, 2.24) is 10.7 Å². The number of furan rings is 1. The van der Waals surface area contributed by atoms with E-state index in [1.807, 2.05) is 0 Å². The Hall–Kier alpha value is -3.09. The van der Waals surface area contributed by atoms with Gasteiger partial charge in [0.1, 0.15) is 17.2 Å². The molecule has 0 aliphatic rings. The number of benzene rings is 1. The molecule has 0 radical (unpaired) electrons. The van der Waals surface area contributed by atoms with E-state index in [9.17, 15) is 9.59 Å². The van der Waals surface area contributed by atoms with E-state index < -0.39 is 5.91 Å². The molecule has 120 valence electrons. The lowest BCUT2D eigenvalue weighted by Gasteiger charge is -2.05. The molecule has 0 aliphatic heterocycles. The average molecular weight is 315 g/mol. The van der Waals surface area contributed by atoms with Gasteiger partial charge in [0.25, 0.3) is 11.8 Å². The number of hydrazone groups is 1. The van der Waals surface area contributed by atoms with Crippen LogP contribution in [0.25, 0.3) is 0 Å². The molecule has 0 fully saturated rings. The van der Waals surface area contributed by atoms with Crippen LogP contribution >= 0.6 is 0 Å². The molecule has 2 N–H and O–H groups in total. The van der Waals surface area contributed by atoms with Gasteiger partial charge in [-0.3, -0.25) is 9.59 Å². The minimum absolute atomic E-state index is 0.181. The second-order valence-corrected chi connectivity index (χ2v) is 4.62. The molecule has 23 heavy (non-hydrogen) atoms. The summed E-state index contributed by atoms with van der Waals surface area (Å²) in [5, 5.41) is 6.41. The molecule has 2 rings (SSSR count). The number of rotatable bonds is 6. The Morgan fingerprint density at radius 2 is 1.96 bits per heavy atom. The van der Waals surface area contributed by atoms with Crippen molar-refractivity contribution < 1.29 is 18.7 Å². The Morgan fingerprint density at radius 1 is 1.22 bits per heavy atom. The second-order valence-electron chi connectivity index (χ2n) is 4.62. The summed E-state index contributed by atoms with van der Waals surface area (Å²) in [6, 6.07) is 10.0. The molecule has 7 heteroatoms. The van der Waals surface area contributed by atoms with Crippen molar-refractivity contribution >= 4 is 17.5 Å². The lowest BCUT2D eigenvalue weighted by molar-refractivity contribution is -0.120. The maximum Gasteiger partial charge on any atom is 0.259 e. The molecule has 0 aliphatic carbocycles. The average Bonchev–Trinajstić information content (AvgIpc) is 3.12. The van der Waals surface area contributed by atoms with Crippen LogP contribution in [-0.2, 0) is 4.79 Å². The van der Waals surface area contributed by atoms with Crippen LogP contribution in [0.1, 0.15) is 23.0 Å². The van der Waals surface area contributed by atoms with E-state index in [1.165, 1.54) is 6.26 Å². The number of nitrogens with one attached hydrogen (secondary N) is 2. The van der Waals surface area contributed by atoms with E-state index in [-0.39, 0.29) is 12.5 Å². The highest BCUT2D eigenvalue weighted by molar-refractivity contribution is 5.98. The summed E-state index contributed by atoms with van der Waals surface area (Å²) >= 11 is 0. The molecule has 7 nitrogen and oxygen atoms in total. The zero-order chi connectivity index (χ0) is 16.7. The second kappa shape index (κ2) is 7.79. The van der Waals surface area contributed by atoms with Crippen LogP contribution in [-0.4, -0.2) is 31.2 Å². The Balaban J connectivity index is 1.81. The van der Waals surface area contributed by atoms with Crippen LogP contribution in [0.2, 0.25) is 0 Å². The van der Waals surface area contributed by atoms with Gasteiger partial charge >= 0.3 is 0 Å². The van der Waals surface area contributed by atoms with Gasteiger partial charge in [-0.1, -0.05) is 0 Å². The zero-order valence-electron chi connectivity index (χ0n) is 12.8. The summed E-state index contributed by atoms with van der Waals surface area (Å²) in [5.74, 6) is 0.432. The Morgan fingerprint density at radius 3 is 2.57 bits per heavy atom. The normalized spacial score (nSPS) is 11.0. The molecule has 2 aromatic rings. The minimum Gasteiger partial charge on any atom is -0.497 e. The predicted octanol–water partition coefficient (Wildman–Crippen LogP) is 1.56. The maximum atomic E-state index is 11.9. The van der Waals surface area contributed by atoms with E-state index in [1.54, 1.807) is 50.4 Å². The smallest absolute Gasteiger partial charge is 0.259 e. The SMILES string of the molecule is COc1ccc(C(=O)NCC(=O)N/N=C(\C)c2ccco2)cc1. The third-order valence-electron chi connectivity index (χ3n) is 2.99. The topological polar surface area (TPSA) is 92.9 Å². The number of hydrogen-bond donors (Lipinski definition) is 2. The third-order valence-corrected chi connectivity index (χ3v) is 2.99. The summed E-state index contributed by atoms with van der Waals surface area (Å²) in [7, 11) is 1.55. The van der Waals surface area contributed by atoms with E-state index >= 15 is 0 Å². The van der Waals surface area contributed by atoms with Gasteiger partial charge in [-0.25, -0.2) is 5.43 Å². The molecule has 0 saturated heterocycles. The first-order valence-electron chi connectivity index (χ1n) is 6.89. The molecule has 0 bridgehead atoms. The number of nitrogens with zero attached hydrogens (tertiary/aromatic N) is 1. The summed E-state index contributed by atoms with van der Waals surface area (Å²) in [5.41, 5.74) is 3.32. The first kappa shape index (κ1) is 16.3. The highest BCUT2D eigenvalue weighted by Crippen LogP contribution is 2.10. The summed E-state index contributed by atoms with van der Waals surface area (Å²) in [4.78, 5) is 23.6. The fraction of sp³-hybridized carbons (Fsp3) is 0.188. The Bertz CT molecular complexity index is 691. The molecule has 2 amide bonds. The molecule has 0 saturated carbocycles. The number of hydrogen-bond acceptors (Lipinski definition) is 5. The molecule has 1 aromatic carbocycles. The zero-order valence-corrected chi connectivity index (χ0v) is 12.8. The van der Waals surface area contributed by atoms with Gasteiger partial charge in [0.15, 0.2) is 0 Å². The van der Waals surface area contributed by atoms with E-state index in [4.69, 9.17) is 9.15 Å². The summed E-state index contributed by atoms with van der Waals surface area (Å²) < 4.78 is 10.2. The number of amides is 2. The number of methoxy groups -OCH3 is 1. The summed E-state index contributed by atoms with van der Waals surface area (Å²) in [6.45, 7) is 1.52. The standard InChI is InChI=1S/C16H17N3O4/c1-11(14-4-3-9-23-14)18-19-15(20)10-17-16(21)12-5-7-13(22-2)8-6-12/h3-9H,10H2,1-2H3,(H,17,21)(H,19,20)/b18-11+. The van der Waals surface area contributed by atoms with E-state index in [0.29, 0.717) is 22.8 Å². The highest BCUT2D eigenvalue weighted by Gasteiger charge is 2.08. The van der Waals surface area contributed by atoms with Crippen molar-refractivity contribution in [2.45, 2.75) is 6.92 Å². The molecule has 1 aromatic heterocycles. The van der Waals surface area contributed by atoms with Crippen molar-refractivity contribution in [3.05, 3.63) is 54.0 Å². The Kier molecular flexibility index (Phi) is 5.51. The van der Waals surface area contributed by atoms with Crippen molar-refractivity contribution in [1.29, 1.82) is 0 Å². The minimum atomic E-state index is -0.433. The van der Waals surface area contributed by atoms with Crippen LogP contribution < -0.4 is 15.5 Å². The molecular formula is C16H17N3O4. The number of ether oxygens (including phenoxy) is 1. The van der Waals surface area contributed by atoms with Gasteiger partial charge < -0.3 is 14.5 Å². The summed E-state index contributed by atoms with van der Waals surface area (Å²) in [6.07, 6.45) is 1.52. The first-order valence-corrected chi connectivity index (χ1v) is 6.89. The number of carbonyl (C=O) groups excluding carboxylic acids is 2. The Labute approximate surface area is 133 Å². The van der Waals surface area contributed by atoms with Gasteiger partial charge in [-0.05, 0) is 43.3 Å². The van der Waals surface area contributed by atoms with Crippen molar-refractivity contribution in [3.63, 3.8) is 0 Å².